The largest absolute Gasteiger partial charge is 0.417 e. The van der Waals surface area contributed by atoms with Crippen LogP contribution in [0, 0.1) is 0 Å². The third-order valence-corrected chi connectivity index (χ3v) is 2.85. The zero-order valence-corrected chi connectivity index (χ0v) is 13.7. The van der Waals surface area contributed by atoms with Gasteiger partial charge in [-0.15, -0.1) is 35.0 Å². The monoisotopic (exact) mass is 373 g/mol. The van der Waals surface area contributed by atoms with E-state index < -0.39 is 11.7 Å². The number of halogens is 5. The minimum atomic E-state index is -4.44. The molecule has 0 atom stereocenters. The van der Waals surface area contributed by atoms with E-state index in [9.17, 15) is 18.0 Å². The summed E-state index contributed by atoms with van der Waals surface area (Å²) < 4.78 is 39.3. The van der Waals surface area contributed by atoms with Crippen molar-refractivity contribution < 1.29 is 18.0 Å². The van der Waals surface area contributed by atoms with Crippen molar-refractivity contribution in [2.75, 3.05) is 13.6 Å². The topological polar surface area (TPSA) is 71.3 Å². The first-order valence-electron chi connectivity index (χ1n) is 6.24. The second-order valence-electron chi connectivity index (χ2n) is 4.39. The SMILES string of the molecule is CNCCC(=O)NCc1nnc2ccc(C(F)(F)F)cn12.Cl.Cl. The molecule has 0 aromatic carbocycles. The van der Waals surface area contributed by atoms with Gasteiger partial charge in [0.2, 0.25) is 5.91 Å². The molecule has 0 bridgehead atoms. The molecule has 0 radical (unpaired) electrons. The first kappa shape index (κ1) is 21.4. The predicted molar refractivity (Wildman–Crippen MR) is 82.9 cm³/mol. The Morgan fingerprint density at radius 2 is 1.96 bits per heavy atom. The van der Waals surface area contributed by atoms with Crippen LogP contribution in [-0.4, -0.2) is 34.1 Å². The Balaban J connectivity index is 0.00000242. The molecule has 0 saturated heterocycles. The van der Waals surface area contributed by atoms with Gasteiger partial charge in [0.25, 0.3) is 0 Å². The third kappa shape index (κ3) is 5.52. The van der Waals surface area contributed by atoms with Gasteiger partial charge < -0.3 is 10.6 Å². The van der Waals surface area contributed by atoms with Gasteiger partial charge in [0.15, 0.2) is 11.5 Å². The summed E-state index contributed by atoms with van der Waals surface area (Å²) in [6.45, 7) is 0.537. The van der Waals surface area contributed by atoms with Gasteiger partial charge in [0.05, 0.1) is 12.1 Å². The van der Waals surface area contributed by atoms with E-state index in [2.05, 4.69) is 20.8 Å². The zero-order chi connectivity index (χ0) is 15.5. The summed E-state index contributed by atoms with van der Waals surface area (Å²) >= 11 is 0. The minimum Gasteiger partial charge on any atom is -0.349 e. The average molecular weight is 374 g/mol. The van der Waals surface area contributed by atoms with E-state index in [4.69, 9.17) is 0 Å². The summed E-state index contributed by atoms with van der Waals surface area (Å²) in [7, 11) is 1.72. The lowest BCUT2D eigenvalue weighted by Crippen LogP contribution is -2.27. The number of nitrogens with zero attached hydrogens (tertiary/aromatic N) is 3. The molecule has 0 spiro atoms. The van der Waals surface area contributed by atoms with Crippen molar-refractivity contribution in [1.29, 1.82) is 0 Å². The highest BCUT2D eigenvalue weighted by Crippen LogP contribution is 2.29. The van der Waals surface area contributed by atoms with E-state index in [1.807, 2.05) is 0 Å². The highest BCUT2D eigenvalue weighted by molar-refractivity contribution is 5.85. The van der Waals surface area contributed by atoms with Crippen LogP contribution in [0.4, 0.5) is 13.2 Å². The predicted octanol–water partition coefficient (Wildman–Crippen LogP) is 1.82. The van der Waals surface area contributed by atoms with Crippen LogP contribution < -0.4 is 10.6 Å². The van der Waals surface area contributed by atoms with Gasteiger partial charge in [-0.25, -0.2) is 0 Å². The van der Waals surface area contributed by atoms with Crippen LogP contribution in [-0.2, 0) is 17.5 Å². The highest BCUT2D eigenvalue weighted by Gasteiger charge is 2.31. The lowest BCUT2D eigenvalue weighted by molar-refractivity contribution is -0.137. The molecule has 2 heterocycles. The summed E-state index contributed by atoms with van der Waals surface area (Å²) in [4.78, 5) is 11.5. The number of alkyl halides is 3. The summed E-state index contributed by atoms with van der Waals surface area (Å²) in [6.07, 6.45) is -3.24. The molecule has 6 nitrogen and oxygen atoms in total. The van der Waals surface area contributed by atoms with E-state index in [0.29, 0.717) is 12.2 Å². The quantitative estimate of drug-likeness (QED) is 0.838. The van der Waals surface area contributed by atoms with Gasteiger partial charge in [-0.05, 0) is 19.2 Å². The van der Waals surface area contributed by atoms with Crippen molar-refractivity contribution in [2.45, 2.75) is 19.1 Å². The van der Waals surface area contributed by atoms with E-state index in [1.165, 1.54) is 10.5 Å². The number of amides is 1. The van der Waals surface area contributed by atoms with Crippen LogP contribution in [0.1, 0.15) is 17.8 Å². The normalized spacial score (nSPS) is 10.8. The molecule has 23 heavy (non-hydrogen) atoms. The Kier molecular flexibility index (Phi) is 8.29. The maximum atomic E-state index is 12.7. The van der Waals surface area contributed by atoms with Crippen molar-refractivity contribution in [3.8, 4) is 0 Å². The Morgan fingerprint density at radius 3 is 2.57 bits per heavy atom. The molecule has 0 saturated carbocycles. The Bertz CT molecular complexity index is 647. The molecule has 0 unspecified atom stereocenters. The van der Waals surface area contributed by atoms with Gasteiger partial charge in [-0.2, -0.15) is 13.2 Å². The van der Waals surface area contributed by atoms with Crippen LogP contribution in [0.2, 0.25) is 0 Å². The Labute approximate surface area is 142 Å². The lowest BCUT2D eigenvalue weighted by atomic mass is 10.3. The third-order valence-electron chi connectivity index (χ3n) is 2.85. The molecule has 11 heteroatoms. The van der Waals surface area contributed by atoms with Crippen LogP contribution in [0.25, 0.3) is 5.65 Å². The Morgan fingerprint density at radius 1 is 1.26 bits per heavy atom. The number of hydrogen-bond acceptors (Lipinski definition) is 4. The summed E-state index contributed by atoms with van der Waals surface area (Å²) in [5.74, 6) is 0.0296. The number of hydrogen-bond donors (Lipinski definition) is 2. The Hall–Kier alpha value is -1.58. The number of pyridine rings is 1. The fourth-order valence-corrected chi connectivity index (χ4v) is 1.73. The fourth-order valence-electron chi connectivity index (χ4n) is 1.73. The molecule has 130 valence electrons. The van der Waals surface area contributed by atoms with Crippen molar-refractivity contribution in [3.05, 3.63) is 29.7 Å². The van der Waals surface area contributed by atoms with Crippen molar-refractivity contribution in [1.82, 2.24) is 25.2 Å². The molecule has 0 fully saturated rings. The number of nitrogens with one attached hydrogen (secondary N) is 2. The molecular weight excluding hydrogens is 358 g/mol. The van der Waals surface area contributed by atoms with Gasteiger partial charge in [0, 0.05) is 19.2 Å². The lowest BCUT2D eigenvalue weighted by Gasteiger charge is -2.08. The smallest absolute Gasteiger partial charge is 0.349 e. The summed E-state index contributed by atoms with van der Waals surface area (Å²) in [5, 5.41) is 13.0. The number of aromatic nitrogens is 3. The van der Waals surface area contributed by atoms with Crippen molar-refractivity contribution >= 4 is 36.4 Å². The first-order chi connectivity index (χ1) is 9.91. The molecule has 2 aromatic heterocycles. The summed E-state index contributed by atoms with van der Waals surface area (Å²) in [6, 6.07) is 2.18. The number of rotatable bonds is 5. The van der Waals surface area contributed by atoms with Crippen LogP contribution in [0.15, 0.2) is 18.3 Å². The van der Waals surface area contributed by atoms with E-state index in [-0.39, 0.29) is 49.5 Å². The van der Waals surface area contributed by atoms with Gasteiger partial charge in [-0.1, -0.05) is 0 Å². The van der Waals surface area contributed by atoms with Crippen LogP contribution in [0.5, 0.6) is 0 Å². The molecule has 2 N–H and O–H groups in total. The number of carbonyl (C=O) groups excluding carboxylic acids is 1. The second kappa shape index (κ2) is 8.90. The fraction of sp³-hybridized carbons (Fsp3) is 0.417. The molecule has 0 aliphatic rings. The first-order valence-corrected chi connectivity index (χ1v) is 6.24. The zero-order valence-electron chi connectivity index (χ0n) is 12.1. The van der Waals surface area contributed by atoms with E-state index in [0.717, 1.165) is 12.3 Å². The van der Waals surface area contributed by atoms with Gasteiger partial charge in [0.1, 0.15) is 0 Å². The highest BCUT2D eigenvalue weighted by atomic mass is 35.5. The molecule has 2 aromatic rings. The molecule has 0 aliphatic heterocycles. The second-order valence-corrected chi connectivity index (χ2v) is 4.39. The molecular formula is C12H16Cl2F3N5O. The maximum absolute atomic E-state index is 12.7. The maximum Gasteiger partial charge on any atom is 0.417 e. The molecule has 1 amide bonds. The van der Waals surface area contributed by atoms with Gasteiger partial charge >= 0.3 is 6.18 Å². The van der Waals surface area contributed by atoms with E-state index >= 15 is 0 Å². The minimum absolute atomic E-state index is 0. The van der Waals surface area contributed by atoms with Crippen molar-refractivity contribution in [3.63, 3.8) is 0 Å². The van der Waals surface area contributed by atoms with Crippen molar-refractivity contribution in [2.24, 2.45) is 0 Å². The van der Waals surface area contributed by atoms with Gasteiger partial charge in [-0.3, -0.25) is 9.20 Å². The number of fused-ring (bicyclic) bond motifs is 1. The standard InChI is InChI=1S/C12H14F3N5O.2ClH/c1-16-5-4-11(21)17-6-10-19-18-9-3-2-8(7-20(9)10)12(13,14)15;;/h2-3,7,16H,4-6H2,1H3,(H,17,21);2*1H. The average Bonchev–Trinajstić information content (AvgIpc) is 2.84. The summed E-state index contributed by atoms with van der Waals surface area (Å²) in [5.41, 5.74) is -0.500. The van der Waals surface area contributed by atoms with Crippen LogP contribution in [0.3, 0.4) is 0 Å². The molecule has 0 aliphatic carbocycles. The molecule has 2 rings (SSSR count). The van der Waals surface area contributed by atoms with Crippen LogP contribution >= 0.6 is 24.8 Å². The van der Waals surface area contributed by atoms with E-state index in [1.54, 1.807) is 7.05 Å². The number of carbonyl (C=O) groups is 1.